The summed E-state index contributed by atoms with van der Waals surface area (Å²) in [6.45, 7) is 11.7. The molecule has 1 heteroatoms. The highest BCUT2D eigenvalue weighted by Gasteiger charge is 2.16. The lowest BCUT2D eigenvalue weighted by Gasteiger charge is -2.09. The van der Waals surface area contributed by atoms with Crippen molar-refractivity contribution >= 4 is 20.2 Å². The molecule has 0 nitrogen and oxygen atoms in total. The summed E-state index contributed by atoms with van der Waals surface area (Å²) in [6, 6.07) is 6.74. The van der Waals surface area contributed by atoms with E-state index >= 15 is 0 Å². The predicted molar refractivity (Wildman–Crippen MR) is 90.0 cm³/mol. The molecule has 2 rings (SSSR count). The molecular weight excluding hydrogens is 244 g/mol. The molecule has 0 amide bonds. The first-order valence-electron chi connectivity index (χ1n) is 7.36. The Hall–Kier alpha value is -1.08. The van der Waals surface area contributed by atoms with Gasteiger partial charge in [-0.3, -0.25) is 0 Å². The van der Waals surface area contributed by atoms with Gasteiger partial charge < -0.3 is 0 Å². The van der Waals surface area contributed by atoms with Crippen LogP contribution >= 0.6 is 0 Å². The first-order valence-corrected chi connectivity index (χ1v) is 10.9. The molecule has 0 N–H and O–H groups in total. The van der Waals surface area contributed by atoms with E-state index in [1.165, 1.54) is 23.1 Å². The zero-order valence-electron chi connectivity index (χ0n) is 13.0. The number of rotatable bonds is 4. The molecule has 0 spiro atoms. The summed E-state index contributed by atoms with van der Waals surface area (Å²) in [5.74, 6) is 0.751. The molecule has 1 aliphatic carbocycles. The van der Waals surface area contributed by atoms with E-state index in [9.17, 15) is 0 Å². The monoisotopic (exact) mass is 270 g/mol. The van der Waals surface area contributed by atoms with Gasteiger partial charge in [0.05, 0.1) is 8.07 Å². The molecule has 102 valence electrons. The molecule has 0 fully saturated rings. The molecule has 0 atom stereocenters. The van der Waals surface area contributed by atoms with E-state index in [0.717, 1.165) is 12.3 Å². The Balaban J connectivity index is 2.28. The predicted octanol–water partition coefficient (Wildman–Crippen LogP) is 5.56. The summed E-state index contributed by atoms with van der Waals surface area (Å²) in [5, 5.41) is 0. The minimum atomic E-state index is -1.12. The van der Waals surface area contributed by atoms with Gasteiger partial charge in [-0.1, -0.05) is 75.1 Å². The van der Waals surface area contributed by atoms with Crippen LogP contribution in [0.3, 0.4) is 0 Å². The van der Waals surface area contributed by atoms with Gasteiger partial charge in [0, 0.05) is 0 Å². The lowest BCUT2D eigenvalue weighted by Crippen LogP contribution is -2.15. The van der Waals surface area contributed by atoms with Crippen molar-refractivity contribution in [3.63, 3.8) is 0 Å². The van der Waals surface area contributed by atoms with Gasteiger partial charge in [0.15, 0.2) is 0 Å². The minimum Gasteiger partial charge on any atom is -0.0944 e. The summed E-state index contributed by atoms with van der Waals surface area (Å²) in [7, 11) is -1.12. The topological polar surface area (TPSA) is 0 Å². The zero-order chi connectivity index (χ0) is 14.0. The third-order valence-corrected chi connectivity index (χ3v) is 4.60. The summed E-state index contributed by atoms with van der Waals surface area (Å²) < 4.78 is 0. The highest BCUT2D eigenvalue weighted by molar-refractivity contribution is 6.81. The molecule has 0 radical (unpaired) electrons. The van der Waals surface area contributed by atoms with Crippen molar-refractivity contribution in [1.82, 2.24) is 0 Å². The van der Waals surface area contributed by atoms with Gasteiger partial charge in [0.25, 0.3) is 0 Å². The van der Waals surface area contributed by atoms with E-state index in [-0.39, 0.29) is 0 Å². The van der Waals surface area contributed by atoms with Crippen molar-refractivity contribution in [1.29, 1.82) is 0 Å². The van der Waals surface area contributed by atoms with E-state index in [2.05, 4.69) is 69.5 Å². The smallest absolute Gasteiger partial charge is 0.0687 e. The van der Waals surface area contributed by atoms with Gasteiger partial charge in [-0.2, -0.15) is 0 Å². The van der Waals surface area contributed by atoms with Crippen LogP contribution in [0, 0.1) is 5.92 Å². The Bertz CT molecular complexity index is 513. The fourth-order valence-electron chi connectivity index (χ4n) is 2.60. The van der Waals surface area contributed by atoms with Crippen molar-refractivity contribution in [3.8, 4) is 0 Å². The number of hydrogen-bond acceptors (Lipinski definition) is 0. The van der Waals surface area contributed by atoms with Crippen LogP contribution in [0.15, 0.2) is 29.5 Å². The molecule has 1 aromatic rings. The first-order chi connectivity index (χ1) is 8.85. The van der Waals surface area contributed by atoms with Crippen molar-refractivity contribution in [2.75, 3.05) is 0 Å². The SMILES string of the molecule is CC(C)CC1=Cc2c(C=C[Si](C)(C)C)cccc2C1. The van der Waals surface area contributed by atoms with Gasteiger partial charge in [0.2, 0.25) is 0 Å². The summed E-state index contributed by atoms with van der Waals surface area (Å²) in [4.78, 5) is 0. The van der Waals surface area contributed by atoms with E-state index in [1.54, 1.807) is 5.57 Å². The van der Waals surface area contributed by atoms with E-state index in [0.29, 0.717) is 0 Å². The normalized spacial score (nSPS) is 15.2. The number of fused-ring (bicyclic) bond motifs is 1. The lowest BCUT2D eigenvalue weighted by atomic mass is 10.0. The van der Waals surface area contributed by atoms with Gasteiger partial charge in [0.1, 0.15) is 0 Å². The van der Waals surface area contributed by atoms with Crippen LogP contribution < -0.4 is 0 Å². The Labute approximate surface area is 119 Å². The van der Waals surface area contributed by atoms with Crippen LogP contribution in [0.1, 0.15) is 37.0 Å². The average Bonchev–Trinajstić information content (AvgIpc) is 2.66. The number of benzene rings is 1. The third kappa shape index (κ3) is 3.94. The Morgan fingerprint density at radius 2 is 1.95 bits per heavy atom. The lowest BCUT2D eigenvalue weighted by molar-refractivity contribution is 0.638. The van der Waals surface area contributed by atoms with Gasteiger partial charge in [-0.15, -0.1) is 0 Å². The molecule has 1 aromatic carbocycles. The molecule has 0 bridgehead atoms. The minimum absolute atomic E-state index is 0.751. The van der Waals surface area contributed by atoms with Crippen LogP contribution in [-0.2, 0) is 6.42 Å². The van der Waals surface area contributed by atoms with Crippen LogP contribution in [0.5, 0.6) is 0 Å². The average molecular weight is 270 g/mol. The molecule has 19 heavy (non-hydrogen) atoms. The van der Waals surface area contributed by atoms with Crippen molar-refractivity contribution < 1.29 is 0 Å². The van der Waals surface area contributed by atoms with E-state index in [1.807, 2.05) is 0 Å². The van der Waals surface area contributed by atoms with Gasteiger partial charge in [-0.25, -0.2) is 0 Å². The van der Waals surface area contributed by atoms with Crippen molar-refractivity contribution in [2.24, 2.45) is 5.92 Å². The number of hydrogen-bond donors (Lipinski definition) is 0. The summed E-state index contributed by atoms with van der Waals surface area (Å²) in [5.41, 5.74) is 8.41. The van der Waals surface area contributed by atoms with Crippen LogP contribution in [-0.4, -0.2) is 8.07 Å². The standard InChI is InChI=1S/C18H26Si/c1-14(2)11-15-12-17-8-6-7-16(18(17)13-15)9-10-19(3,4)5/h6-10,13-14H,11-12H2,1-5H3. The Morgan fingerprint density at radius 1 is 1.21 bits per heavy atom. The fourth-order valence-corrected chi connectivity index (χ4v) is 3.28. The maximum Gasteiger partial charge on any atom is 0.0687 e. The molecule has 0 saturated heterocycles. The Morgan fingerprint density at radius 3 is 2.58 bits per heavy atom. The third-order valence-electron chi connectivity index (χ3n) is 3.43. The maximum atomic E-state index is 2.44. The number of allylic oxidation sites excluding steroid dienone is 1. The molecule has 0 aromatic heterocycles. The first kappa shape index (κ1) is 14.3. The van der Waals surface area contributed by atoms with Crippen molar-refractivity contribution in [3.05, 3.63) is 46.2 Å². The largest absolute Gasteiger partial charge is 0.0944 e. The van der Waals surface area contributed by atoms with E-state index < -0.39 is 8.07 Å². The molecule has 0 aliphatic heterocycles. The molecule has 0 saturated carbocycles. The highest BCUT2D eigenvalue weighted by Crippen LogP contribution is 2.31. The van der Waals surface area contributed by atoms with Gasteiger partial charge in [-0.05, 0) is 35.4 Å². The molecule has 1 aliphatic rings. The van der Waals surface area contributed by atoms with Crippen molar-refractivity contribution in [2.45, 2.75) is 46.3 Å². The highest BCUT2D eigenvalue weighted by atomic mass is 28.3. The maximum absolute atomic E-state index is 2.44. The Kier molecular flexibility index (Phi) is 4.15. The fraction of sp³-hybridized carbons (Fsp3) is 0.444. The van der Waals surface area contributed by atoms with Crippen LogP contribution in [0.25, 0.3) is 12.2 Å². The molecule has 0 unspecified atom stereocenters. The quantitative estimate of drug-likeness (QED) is 0.628. The summed E-state index contributed by atoms with van der Waals surface area (Å²) >= 11 is 0. The molecule has 0 heterocycles. The van der Waals surface area contributed by atoms with Crippen LogP contribution in [0.2, 0.25) is 19.6 Å². The second kappa shape index (κ2) is 5.50. The second-order valence-electron chi connectivity index (χ2n) is 7.20. The summed E-state index contributed by atoms with van der Waals surface area (Å²) in [6.07, 6.45) is 7.16. The second-order valence-corrected chi connectivity index (χ2v) is 12.3. The zero-order valence-corrected chi connectivity index (χ0v) is 14.0. The van der Waals surface area contributed by atoms with E-state index in [4.69, 9.17) is 0 Å². The van der Waals surface area contributed by atoms with Gasteiger partial charge >= 0.3 is 0 Å². The van der Waals surface area contributed by atoms with Crippen LogP contribution in [0.4, 0.5) is 0 Å². The molecular formula is C18H26Si.